The number of pyridine rings is 1. The zero-order chi connectivity index (χ0) is 15.6. The summed E-state index contributed by atoms with van der Waals surface area (Å²) in [5.74, 6) is 0.964. The summed E-state index contributed by atoms with van der Waals surface area (Å²) >= 11 is 0. The van der Waals surface area contributed by atoms with Crippen LogP contribution in [-0.2, 0) is 0 Å². The lowest BCUT2D eigenvalue weighted by Crippen LogP contribution is -2.38. The van der Waals surface area contributed by atoms with E-state index in [1.807, 2.05) is 4.40 Å². The van der Waals surface area contributed by atoms with E-state index in [-0.39, 0.29) is 5.75 Å². The molecule has 0 bridgehead atoms. The lowest BCUT2D eigenvalue weighted by Gasteiger charge is -2.24. The van der Waals surface area contributed by atoms with Gasteiger partial charge in [0.1, 0.15) is 22.9 Å². The molecule has 1 atom stereocenters. The third-order valence-electron chi connectivity index (χ3n) is 4.04. The van der Waals surface area contributed by atoms with Crippen molar-refractivity contribution in [3.8, 4) is 17.1 Å². The molecule has 7 nitrogen and oxygen atoms in total. The number of hydrogen-bond acceptors (Lipinski definition) is 6. The topological polar surface area (TPSA) is 87.4 Å². The van der Waals surface area contributed by atoms with Crippen molar-refractivity contribution in [1.82, 2.24) is 24.7 Å². The highest BCUT2D eigenvalue weighted by molar-refractivity contribution is 5.61. The summed E-state index contributed by atoms with van der Waals surface area (Å²) in [6.45, 7) is 2.03. The Kier molecular flexibility index (Phi) is 3.55. The number of rotatable bonds is 3. The molecule has 0 spiro atoms. The fraction of sp³-hybridized carbons (Fsp3) is 0.312. The first-order chi connectivity index (χ1) is 11.3. The fourth-order valence-corrected chi connectivity index (χ4v) is 2.90. The summed E-state index contributed by atoms with van der Waals surface area (Å²) in [5.41, 5.74) is 2.27. The van der Waals surface area contributed by atoms with E-state index in [0.717, 1.165) is 36.7 Å². The smallest absolute Gasteiger partial charge is 0.145 e. The lowest BCUT2D eigenvalue weighted by atomic mass is 10.1. The molecule has 0 amide bonds. The Balaban J connectivity index is 1.64. The average molecular weight is 310 g/mol. The number of hydrogen-bond donors (Lipinski definition) is 3. The van der Waals surface area contributed by atoms with Crippen molar-refractivity contribution in [2.24, 2.45) is 0 Å². The van der Waals surface area contributed by atoms with Gasteiger partial charge in [-0.05, 0) is 25.5 Å². The van der Waals surface area contributed by atoms with Gasteiger partial charge in [-0.2, -0.15) is 0 Å². The minimum Gasteiger partial charge on any atom is -0.508 e. The van der Waals surface area contributed by atoms with Crippen LogP contribution < -0.4 is 10.6 Å². The van der Waals surface area contributed by atoms with Gasteiger partial charge in [0.2, 0.25) is 0 Å². The summed E-state index contributed by atoms with van der Waals surface area (Å²) in [6.07, 6.45) is 9.29. The number of nitrogens with zero attached hydrogens (tertiary/aromatic N) is 4. The largest absolute Gasteiger partial charge is 0.508 e. The maximum absolute atomic E-state index is 9.54. The van der Waals surface area contributed by atoms with Gasteiger partial charge in [0.05, 0.1) is 24.3 Å². The quantitative estimate of drug-likeness (QED) is 0.682. The van der Waals surface area contributed by atoms with Crippen LogP contribution in [0.4, 0.5) is 5.82 Å². The zero-order valence-corrected chi connectivity index (χ0v) is 12.6. The molecule has 0 unspecified atom stereocenters. The van der Waals surface area contributed by atoms with Crippen LogP contribution in [0.2, 0.25) is 0 Å². The molecule has 0 saturated carbocycles. The van der Waals surface area contributed by atoms with E-state index >= 15 is 0 Å². The molecule has 4 rings (SSSR count). The lowest BCUT2D eigenvalue weighted by molar-refractivity contribution is 0.475. The molecule has 0 aliphatic carbocycles. The van der Waals surface area contributed by atoms with E-state index in [1.165, 1.54) is 6.42 Å². The summed E-state index contributed by atoms with van der Waals surface area (Å²) in [5, 5.41) is 16.4. The molecule has 3 aromatic rings. The number of nitrogens with one attached hydrogen (secondary N) is 2. The second-order valence-electron chi connectivity index (χ2n) is 5.73. The summed E-state index contributed by atoms with van der Waals surface area (Å²) in [7, 11) is 0. The van der Waals surface area contributed by atoms with Crippen LogP contribution in [0.5, 0.6) is 5.75 Å². The molecule has 1 saturated heterocycles. The van der Waals surface area contributed by atoms with Crippen molar-refractivity contribution in [1.29, 1.82) is 0 Å². The van der Waals surface area contributed by atoms with Crippen molar-refractivity contribution in [2.45, 2.75) is 18.9 Å². The van der Waals surface area contributed by atoms with E-state index < -0.39 is 0 Å². The number of anilines is 1. The normalized spacial score (nSPS) is 18.2. The molecule has 1 fully saturated rings. The van der Waals surface area contributed by atoms with Gasteiger partial charge in [-0.25, -0.2) is 9.97 Å². The summed E-state index contributed by atoms with van der Waals surface area (Å²) < 4.78 is 1.88. The van der Waals surface area contributed by atoms with E-state index in [2.05, 4.69) is 25.6 Å². The third-order valence-corrected chi connectivity index (χ3v) is 4.04. The fourth-order valence-electron chi connectivity index (χ4n) is 2.90. The first-order valence-electron chi connectivity index (χ1n) is 7.75. The Morgan fingerprint density at radius 1 is 1.30 bits per heavy atom. The Bertz CT molecular complexity index is 824. The standard InChI is InChI=1S/C16H18N6O/c23-12-3-5-22-14(9-19-16(22)6-12)13-8-18-10-15(21-13)20-11-2-1-4-17-7-11/h3,5-6,8-11,17,23H,1-2,4,7H2,(H,20,21)/t11-/m1/s1. The van der Waals surface area contributed by atoms with Crippen molar-refractivity contribution < 1.29 is 5.11 Å². The van der Waals surface area contributed by atoms with Gasteiger partial charge in [0.15, 0.2) is 0 Å². The molecular formula is C16H18N6O. The highest BCUT2D eigenvalue weighted by Gasteiger charge is 2.14. The number of aromatic hydroxyl groups is 1. The maximum Gasteiger partial charge on any atom is 0.145 e. The van der Waals surface area contributed by atoms with Gasteiger partial charge in [-0.3, -0.25) is 9.38 Å². The highest BCUT2D eigenvalue weighted by atomic mass is 16.3. The minimum absolute atomic E-state index is 0.195. The molecule has 7 heteroatoms. The second-order valence-corrected chi connectivity index (χ2v) is 5.73. The van der Waals surface area contributed by atoms with Crippen molar-refractivity contribution >= 4 is 11.5 Å². The molecule has 0 radical (unpaired) electrons. The van der Waals surface area contributed by atoms with Crippen LogP contribution in [0.25, 0.3) is 17.0 Å². The molecule has 3 aromatic heterocycles. The molecule has 23 heavy (non-hydrogen) atoms. The maximum atomic E-state index is 9.54. The van der Waals surface area contributed by atoms with Crippen molar-refractivity contribution in [3.63, 3.8) is 0 Å². The Labute approximate surface area is 133 Å². The number of piperidine rings is 1. The molecule has 4 heterocycles. The second kappa shape index (κ2) is 5.85. The molecule has 118 valence electrons. The van der Waals surface area contributed by atoms with Crippen LogP contribution in [-0.4, -0.2) is 43.6 Å². The van der Waals surface area contributed by atoms with E-state index in [1.54, 1.807) is 36.9 Å². The van der Waals surface area contributed by atoms with Gasteiger partial charge < -0.3 is 15.7 Å². The van der Waals surface area contributed by atoms with Gasteiger partial charge in [0.25, 0.3) is 0 Å². The van der Waals surface area contributed by atoms with Gasteiger partial charge in [-0.1, -0.05) is 0 Å². The molecule has 1 aliphatic heterocycles. The first kappa shape index (κ1) is 14.0. The van der Waals surface area contributed by atoms with Crippen molar-refractivity contribution in [3.05, 3.63) is 36.9 Å². The monoisotopic (exact) mass is 310 g/mol. The van der Waals surface area contributed by atoms with Crippen LogP contribution in [0, 0.1) is 0 Å². The number of imidazole rings is 1. The summed E-state index contributed by atoms with van der Waals surface area (Å²) in [4.78, 5) is 13.3. The van der Waals surface area contributed by atoms with E-state index in [4.69, 9.17) is 0 Å². The van der Waals surface area contributed by atoms with Gasteiger partial charge >= 0.3 is 0 Å². The Hall–Kier alpha value is -2.67. The average Bonchev–Trinajstić information content (AvgIpc) is 2.99. The minimum atomic E-state index is 0.195. The van der Waals surface area contributed by atoms with Crippen LogP contribution in [0.3, 0.4) is 0 Å². The zero-order valence-electron chi connectivity index (χ0n) is 12.6. The molecule has 3 N–H and O–H groups in total. The summed E-state index contributed by atoms with van der Waals surface area (Å²) in [6, 6.07) is 3.63. The predicted molar refractivity (Wildman–Crippen MR) is 87.4 cm³/mol. The molecular weight excluding hydrogens is 292 g/mol. The van der Waals surface area contributed by atoms with Crippen LogP contribution in [0.15, 0.2) is 36.9 Å². The van der Waals surface area contributed by atoms with Crippen molar-refractivity contribution in [2.75, 3.05) is 18.4 Å². The SMILES string of the molecule is Oc1ccn2c(-c3cncc(N[C@@H]4CCCNC4)n3)cnc2c1. The van der Waals surface area contributed by atoms with E-state index in [9.17, 15) is 5.11 Å². The molecule has 1 aliphatic rings. The van der Waals surface area contributed by atoms with Crippen LogP contribution in [0.1, 0.15) is 12.8 Å². The van der Waals surface area contributed by atoms with E-state index in [0.29, 0.717) is 11.7 Å². The number of fused-ring (bicyclic) bond motifs is 1. The number of aromatic nitrogens is 4. The van der Waals surface area contributed by atoms with Gasteiger partial charge in [0, 0.05) is 24.8 Å². The Morgan fingerprint density at radius 3 is 3.13 bits per heavy atom. The first-order valence-corrected chi connectivity index (χ1v) is 7.75. The third kappa shape index (κ3) is 2.83. The Morgan fingerprint density at radius 2 is 2.26 bits per heavy atom. The van der Waals surface area contributed by atoms with Crippen LogP contribution >= 0.6 is 0 Å². The predicted octanol–water partition coefficient (Wildman–Crippen LogP) is 1.66. The molecule has 0 aromatic carbocycles. The van der Waals surface area contributed by atoms with Gasteiger partial charge in [-0.15, -0.1) is 0 Å². The highest BCUT2D eigenvalue weighted by Crippen LogP contribution is 2.22.